The third-order valence-electron chi connectivity index (χ3n) is 15.6. The number of carbonyl (C=O) groups is 3. The van der Waals surface area contributed by atoms with Gasteiger partial charge in [-0.3, -0.25) is 14.4 Å². The van der Waals surface area contributed by atoms with Crippen LogP contribution in [0, 0.1) is 0 Å². The molecule has 0 saturated carbocycles. The standard InChI is InChI=1S/C67H130O6/c1-4-7-10-13-16-19-22-25-27-29-31-33-34-36-37-39-42-45-48-51-54-57-60-66(69)72-63-64(62-71-65(68)59-56-53-50-47-44-41-24-21-18-15-12-9-6-3)73-67(70)61-58-55-52-49-46-43-40-38-35-32-30-28-26-23-20-17-14-11-8-5-2/h64H,4-63H2,1-3H3. The second-order valence-corrected chi connectivity index (χ2v) is 23.1. The van der Waals surface area contributed by atoms with Gasteiger partial charge >= 0.3 is 17.9 Å². The maximum absolute atomic E-state index is 12.9. The first kappa shape index (κ1) is 71.4. The molecule has 0 aromatic heterocycles. The van der Waals surface area contributed by atoms with Gasteiger partial charge in [-0.05, 0) is 19.3 Å². The second-order valence-electron chi connectivity index (χ2n) is 23.1. The first-order valence-electron chi connectivity index (χ1n) is 33.5. The predicted molar refractivity (Wildman–Crippen MR) is 317 cm³/mol. The van der Waals surface area contributed by atoms with Crippen molar-refractivity contribution in [3.05, 3.63) is 0 Å². The summed E-state index contributed by atoms with van der Waals surface area (Å²) in [4.78, 5) is 38.3. The molecule has 0 aliphatic heterocycles. The van der Waals surface area contributed by atoms with Crippen LogP contribution in [0.25, 0.3) is 0 Å². The van der Waals surface area contributed by atoms with Crippen LogP contribution in [0.1, 0.15) is 393 Å². The van der Waals surface area contributed by atoms with Crippen molar-refractivity contribution in [1.29, 1.82) is 0 Å². The Morgan fingerprint density at radius 3 is 0.548 bits per heavy atom. The molecule has 0 aliphatic rings. The van der Waals surface area contributed by atoms with Crippen LogP contribution in [0.3, 0.4) is 0 Å². The minimum Gasteiger partial charge on any atom is -0.462 e. The molecule has 0 aromatic carbocycles. The molecule has 0 N–H and O–H groups in total. The van der Waals surface area contributed by atoms with Gasteiger partial charge in [-0.25, -0.2) is 0 Å². The molecule has 0 fully saturated rings. The normalized spacial score (nSPS) is 11.9. The number of rotatable bonds is 63. The van der Waals surface area contributed by atoms with Gasteiger partial charge in [-0.2, -0.15) is 0 Å². The van der Waals surface area contributed by atoms with E-state index >= 15 is 0 Å². The minimum atomic E-state index is -0.762. The highest BCUT2D eigenvalue weighted by Gasteiger charge is 2.19. The molecule has 434 valence electrons. The van der Waals surface area contributed by atoms with Gasteiger partial charge < -0.3 is 14.2 Å². The molecule has 0 rings (SSSR count). The Bertz CT molecular complexity index is 1090. The summed E-state index contributed by atoms with van der Waals surface area (Å²) < 4.78 is 17.0. The zero-order valence-electron chi connectivity index (χ0n) is 50.0. The van der Waals surface area contributed by atoms with Gasteiger partial charge in [0.25, 0.3) is 0 Å². The van der Waals surface area contributed by atoms with Crippen LogP contribution in [0.5, 0.6) is 0 Å². The van der Waals surface area contributed by atoms with Crippen molar-refractivity contribution in [3.63, 3.8) is 0 Å². The molecule has 6 heteroatoms. The van der Waals surface area contributed by atoms with E-state index in [1.165, 1.54) is 295 Å². The van der Waals surface area contributed by atoms with Crippen molar-refractivity contribution in [2.45, 2.75) is 399 Å². The molecule has 1 atom stereocenters. The Balaban J connectivity index is 4.22. The number of ether oxygens (including phenoxy) is 3. The zero-order valence-corrected chi connectivity index (χ0v) is 50.0. The Hall–Kier alpha value is -1.59. The number of carbonyl (C=O) groups excluding carboxylic acids is 3. The van der Waals surface area contributed by atoms with Gasteiger partial charge in [0, 0.05) is 19.3 Å². The molecule has 0 aliphatic carbocycles. The van der Waals surface area contributed by atoms with Crippen LogP contribution in [0.2, 0.25) is 0 Å². The average Bonchev–Trinajstić information content (AvgIpc) is 3.39. The first-order chi connectivity index (χ1) is 36.0. The molecule has 0 aromatic rings. The molecule has 0 saturated heterocycles. The fourth-order valence-corrected chi connectivity index (χ4v) is 10.6. The number of hydrogen-bond donors (Lipinski definition) is 0. The Labute approximate surface area is 457 Å². The molecular weight excluding hydrogens is 901 g/mol. The third-order valence-corrected chi connectivity index (χ3v) is 15.6. The fraction of sp³-hybridized carbons (Fsp3) is 0.955. The van der Waals surface area contributed by atoms with Crippen LogP contribution in [0.4, 0.5) is 0 Å². The summed E-state index contributed by atoms with van der Waals surface area (Å²) in [5, 5.41) is 0. The van der Waals surface area contributed by atoms with E-state index in [0.717, 1.165) is 57.8 Å². The Morgan fingerprint density at radius 2 is 0.370 bits per heavy atom. The minimum absolute atomic E-state index is 0.0604. The fourth-order valence-electron chi connectivity index (χ4n) is 10.6. The highest BCUT2D eigenvalue weighted by Crippen LogP contribution is 2.19. The second kappa shape index (κ2) is 62.9. The van der Waals surface area contributed by atoms with Crippen molar-refractivity contribution < 1.29 is 28.6 Å². The van der Waals surface area contributed by atoms with Gasteiger partial charge in [0.05, 0.1) is 0 Å². The van der Waals surface area contributed by atoms with E-state index in [1.54, 1.807) is 0 Å². The van der Waals surface area contributed by atoms with E-state index < -0.39 is 6.10 Å². The summed E-state index contributed by atoms with van der Waals surface area (Å²) in [6.07, 6.45) is 72.6. The molecule has 6 nitrogen and oxygen atoms in total. The van der Waals surface area contributed by atoms with E-state index in [9.17, 15) is 14.4 Å². The van der Waals surface area contributed by atoms with Crippen molar-refractivity contribution in [2.75, 3.05) is 13.2 Å². The van der Waals surface area contributed by atoms with Gasteiger partial charge in [-0.15, -0.1) is 0 Å². The lowest BCUT2D eigenvalue weighted by molar-refractivity contribution is -0.167. The van der Waals surface area contributed by atoms with Crippen LogP contribution in [0.15, 0.2) is 0 Å². The van der Waals surface area contributed by atoms with Crippen molar-refractivity contribution >= 4 is 17.9 Å². The Morgan fingerprint density at radius 1 is 0.219 bits per heavy atom. The number of esters is 3. The molecule has 73 heavy (non-hydrogen) atoms. The maximum atomic E-state index is 12.9. The van der Waals surface area contributed by atoms with E-state index in [-0.39, 0.29) is 31.1 Å². The number of unbranched alkanes of at least 4 members (excludes halogenated alkanes) is 52. The predicted octanol–water partition coefficient (Wildman–Crippen LogP) is 22.7. The molecule has 1 unspecified atom stereocenters. The zero-order chi connectivity index (χ0) is 52.9. The maximum Gasteiger partial charge on any atom is 0.306 e. The lowest BCUT2D eigenvalue weighted by Gasteiger charge is -2.18. The molecule has 0 amide bonds. The van der Waals surface area contributed by atoms with E-state index in [0.29, 0.717) is 19.3 Å². The molecular formula is C67H130O6. The summed E-state index contributed by atoms with van der Waals surface area (Å²) in [7, 11) is 0. The summed E-state index contributed by atoms with van der Waals surface area (Å²) in [5.74, 6) is -0.823. The summed E-state index contributed by atoms with van der Waals surface area (Å²) in [5.41, 5.74) is 0. The first-order valence-corrected chi connectivity index (χ1v) is 33.5. The van der Waals surface area contributed by atoms with Gasteiger partial charge in [0.15, 0.2) is 6.10 Å². The molecule has 0 heterocycles. The van der Waals surface area contributed by atoms with Crippen LogP contribution < -0.4 is 0 Å². The lowest BCUT2D eigenvalue weighted by Crippen LogP contribution is -2.30. The van der Waals surface area contributed by atoms with E-state index in [4.69, 9.17) is 14.2 Å². The van der Waals surface area contributed by atoms with Crippen molar-refractivity contribution in [3.8, 4) is 0 Å². The number of hydrogen-bond acceptors (Lipinski definition) is 6. The molecule has 0 bridgehead atoms. The van der Waals surface area contributed by atoms with Crippen LogP contribution in [-0.2, 0) is 28.6 Å². The van der Waals surface area contributed by atoms with E-state index in [1.807, 2.05) is 0 Å². The van der Waals surface area contributed by atoms with Crippen LogP contribution in [-0.4, -0.2) is 37.2 Å². The molecule has 0 radical (unpaired) electrons. The van der Waals surface area contributed by atoms with Gasteiger partial charge in [0.1, 0.15) is 13.2 Å². The van der Waals surface area contributed by atoms with E-state index in [2.05, 4.69) is 20.8 Å². The smallest absolute Gasteiger partial charge is 0.306 e. The van der Waals surface area contributed by atoms with Crippen molar-refractivity contribution in [2.24, 2.45) is 0 Å². The topological polar surface area (TPSA) is 78.9 Å². The quantitative estimate of drug-likeness (QED) is 0.0343. The monoisotopic (exact) mass is 1030 g/mol. The SMILES string of the molecule is CCCCCCCCCCCCCCCCCCCCCCCCC(=O)OCC(COC(=O)CCCCCCCCCCCCCCC)OC(=O)CCCCCCCCCCCCCCCCCCCCCC. The van der Waals surface area contributed by atoms with Crippen LogP contribution >= 0.6 is 0 Å². The molecule has 0 spiro atoms. The van der Waals surface area contributed by atoms with Gasteiger partial charge in [0.2, 0.25) is 0 Å². The van der Waals surface area contributed by atoms with Gasteiger partial charge in [-0.1, -0.05) is 355 Å². The third kappa shape index (κ3) is 61.1. The van der Waals surface area contributed by atoms with Crippen molar-refractivity contribution in [1.82, 2.24) is 0 Å². The Kier molecular flexibility index (Phi) is 61.6. The summed E-state index contributed by atoms with van der Waals surface area (Å²) in [6.45, 7) is 6.73. The highest BCUT2D eigenvalue weighted by atomic mass is 16.6. The summed E-state index contributed by atoms with van der Waals surface area (Å²) >= 11 is 0. The highest BCUT2D eigenvalue weighted by molar-refractivity contribution is 5.71. The average molecular weight is 1030 g/mol. The lowest BCUT2D eigenvalue weighted by atomic mass is 10.0. The largest absolute Gasteiger partial charge is 0.462 e. The summed E-state index contributed by atoms with van der Waals surface area (Å²) in [6, 6.07) is 0.